The van der Waals surface area contributed by atoms with Crippen molar-refractivity contribution < 1.29 is 23.1 Å². The van der Waals surface area contributed by atoms with E-state index in [2.05, 4.69) is 15.9 Å². The Morgan fingerprint density at radius 2 is 1.76 bits per heavy atom. The number of carboxylic acid groups (broad SMARTS) is 1. The number of carbonyl (C=O) groups is 1. The topological polar surface area (TPSA) is 80.7 Å². The molecule has 1 fully saturated rings. The van der Waals surface area contributed by atoms with Crippen molar-refractivity contribution in [2.45, 2.75) is 16.1 Å². The van der Waals surface area contributed by atoms with Gasteiger partial charge in [-0.2, -0.15) is 0 Å². The molecule has 3 rings (SSSR count). The molecule has 3 atom stereocenters. The first-order valence-electron chi connectivity index (χ1n) is 7.62. The van der Waals surface area contributed by atoms with E-state index >= 15 is 0 Å². The number of methoxy groups -OCH3 is 1. The summed E-state index contributed by atoms with van der Waals surface area (Å²) in [6.07, 6.45) is 0. The molecule has 1 aliphatic rings. The normalized spacial score (nSPS) is 25.5. The zero-order chi connectivity index (χ0) is 18.2. The number of aliphatic carboxylic acids is 1. The van der Waals surface area contributed by atoms with Gasteiger partial charge in [0.25, 0.3) is 0 Å². The summed E-state index contributed by atoms with van der Waals surface area (Å²) in [6, 6.07) is 15.0. The Morgan fingerprint density at radius 1 is 1.16 bits per heavy atom. The monoisotopic (exact) mass is 424 g/mol. The summed E-state index contributed by atoms with van der Waals surface area (Å²) in [6.45, 7) is -0.167. The van der Waals surface area contributed by atoms with E-state index < -0.39 is 32.4 Å². The summed E-state index contributed by atoms with van der Waals surface area (Å²) < 4.78 is 32.2. The Morgan fingerprint density at radius 3 is 2.28 bits per heavy atom. The van der Waals surface area contributed by atoms with Crippen LogP contribution in [0.3, 0.4) is 0 Å². The standard InChI is InChI=1S/C18H17BrO5S/c1-24-11-18(17(20)21)15(12-7-9-13(19)10-8-12)16(18)25(22,23)14-5-3-2-4-6-14/h2-10,15-16H,11H2,1H3,(H,20,21)/t15-,16-,18+/m1/s1. The number of sulfone groups is 1. The van der Waals surface area contributed by atoms with Crippen LogP contribution in [-0.2, 0) is 19.4 Å². The third-order valence-electron chi connectivity index (χ3n) is 4.67. The fraction of sp³-hybridized carbons (Fsp3) is 0.278. The van der Waals surface area contributed by atoms with Gasteiger partial charge in [0.2, 0.25) is 0 Å². The number of hydrogen-bond acceptors (Lipinski definition) is 4. The van der Waals surface area contributed by atoms with Gasteiger partial charge in [-0.15, -0.1) is 0 Å². The largest absolute Gasteiger partial charge is 0.481 e. The number of rotatable bonds is 6. The molecule has 7 heteroatoms. The molecule has 0 bridgehead atoms. The molecule has 0 radical (unpaired) electrons. The Hall–Kier alpha value is -1.70. The number of benzene rings is 2. The van der Waals surface area contributed by atoms with Gasteiger partial charge in [0, 0.05) is 17.5 Å². The summed E-state index contributed by atoms with van der Waals surface area (Å²) in [5.41, 5.74) is -0.816. The minimum atomic E-state index is -3.82. The Bertz CT molecular complexity index is 879. The lowest BCUT2D eigenvalue weighted by molar-refractivity contribution is -0.145. The first kappa shape index (κ1) is 18.1. The predicted molar refractivity (Wildman–Crippen MR) is 96.2 cm³/mol. The van der Waals surface area contributed by atoms with Crippen LogP contribution in [-0.4, -0.2) is 38.5 Å². The lowest BCUT2D eigenvalue weighted by Crippen LogP contribution is -2.28. The first-order valence-corrected chi connectivity index (χ1v) is 9.96. The van der Waals surface area contributed by atoms with Gasteiger partial charge in [0.15, 0.2) is 9.84 Å². The molecule has 0 unspecified atom stereocenters. The Balaban J connectivity index is 2.12. The van der Waals surface area contributed by atoms with Gasteiger partial charge in [-0.25, -0.2) is 8.42 Å². The molecule has 0 heterocycles. The molecule has 0 aromatic heterocycles. The Kier molecular flexibility index (Phi) is 4.74. The molecule has 1 aliphatic carbocycles. The fourth-order valence-electron chi connectivity index (χ4n) is 3.49. The predicted octanol–water partition coefficient (Wildman–Crippen LogP) is 3.11. The van der Waals surface area contributed by atoms with Crippen LogP contribution in [0, 0.1) is 5.41 Å². The molecule has 1 N–H and O–H groups in total. The zero-order valence-corrected chi connectivity index (χ0v) is 15.8. The second-order valence-electron chi connectivity index (χ2n) is 6.09. The second-order valence-corrected chi connectivity index (χ2v) is 9.07. The average molecular weight is 425 g/mol. The van der Waals surface area contributed by atoms with Crippen molar-refractivity contribution in [2.24, 2.45) is 5.41 Å². The van der Waals surface area contributed by atoms with Gasteiger partial charge < -0.3 is 9.84 Å². The average Bonchev–Trinajstić information content (AvgIpc) is 3.28. The van der Waals surface area contributed by atoms with Gasteiger partial charge in [-0.1, -0.05) is 46.3 Å². The summed E-state index contributed by atoms with van der Waals surface area (Å²) >= 11 is 3.34. The number of ether oxygens (including phenoxy) is 1. The van der Waals surface area contributed by atoms with E-state index in [4.69, 9.17) is 4.74 Å². The highest BCUT2D eigenvalue weighted by Crippen LogP contribution is 2.64. The van der Waals surface area contributed by atoms with Crippen molar-refractivity contribution in [1.29, 1.82) is 0 Å². The number of halogens is 1. The minimum absolute atomic E-state index is 0.126. The van der Waals surface area contributed by atoms with Crippen LogP contribution < -0.4 is 0 Å². The molecule has 1 saturated carbocycles. The molecule has 2 aromatic carbocycles. The van der Waals surface area contributed by atoms with Crippen molar-refractivity contribution in [1.82, 2.24) is 0 Å². The molecule has 0 saturated heterocycles. The highest BCUT2D eigenvalue weighted by atomic mass is 79.9. The van der Waals surface area contributed by atoms with E-state index in [0.29, 0.717) is 5.56 Å². The van der Waals surface area contributed by atoms with E-state index in [1.165, 1.54) is 19.2 Å². The van der Waals surface area contributed by atoms with Crippen molar-refractivity contribution >= 4 is 31.7 Å². The maximum absolute atomic E-state index is 13.1. The molecule has 25 heavy (non-hydrogen) atoms. The highest BCUT2D eigenvalue weighted by Gasteiger charge is 2.76. The quantitative estimate of drug-likeness (QED) is 0.770. The maximum Gasteiger partial charge on any atom is 0.314 e. The maximum atomic E-state index is 13.1. The zero-order valence-electron chi connectivity index (χ0n) is 13.4. The van der Waals surface area contributed by atoms with Crippen molar-refractivity contribution in [2.75, 3.05) is 13.7 Å². The van der Waals surface area contributed by atoms with Gasteiger partial charge >= 0.3 is 5.97 Å². The van der Waals surface area contributed by atoms with Crippen LogP contribution in [0.15, 0.2) is 64.0 Å². The number of carboxylic acids is 1. The van der Waals surface area contributed by atoms with E-state index in [1.807, 2.05) is 0 Å². The molecule has 0 spiro atoms. The van der Waals surface area contributed by atoms with Gasteiger partial charge in [-0.05, 0) is 29.8 Å². The van der Waals surface area contributed by atoms with Crippen molar-refractivity contribution in [3.05, 3.63) is 64.6 Å². The lowest BCUT2D eigenvalue weighted by atomic mass is 10.0. The fourth-order valence-corrected chi connectivity index (χ4v) is 6.13. The molecular formula is C18H17BrO5S. The molecule has 5 nitrogen and oxygen atoms in total. The van der Waals surface area contributed by atoms with Crippen molar-refractivity contribution in [3.8, 4) is 0 Å². The van der Waals surface area contributed by atoms with E-state index in [1.54, 1.807) is 42.5 Å². The molecular weight excluding hydrogens is 408 g/mol. The van der Waals surface area contributed by atoms with Gasteiger partial charge in [0.1, 0.15) is 5.41 Å². The summed E-state index contributed by atoms with van der Waals surface area (Å²) in [7, 11) is -2.44. The third-order valence-corrected chi connectivity index (χ3v) is 7.49. The van der Waals surface area contributed by atoms with Gasteiger partial charge in [0.05, 0.1) is 16.8 Å². The first-order chi connectivity index (χ1) is 11.9. The molecule has 0 amide bonds. The van der Waals surface area contributed by atoms with Crippen LogP contribution in [0.2, 0.25) is 0 Å². The summed E-state index contributed by atoms with van der Waals surface area (Å²) in [4.78, 5) is 12.2. The number of hydrogen-bond donors (Lipinski definition) is 1. The van der Waals surface area contributed by atoms with Crippen LogP contribution in [0.5, 0.6) is 0 Å². The SMILES string of the molecule is COC[C@]1(C(=O)O)[C@H](c2ccc(Br)cc2)[C@H]1S(=O)(=O)c1ccccc1. The molecule has 0 aliphatic heterocycles. The van der Waals surface area contributed by atoms with Crippen LogP contribution in [0.4, 0.5) is 0 Å². The summed E-state index contributed by atoms with van der Waals surface area (Å²) in [5.74, 6) is -1.82. The van der Waals surface area contributed by atoms with E-state index in [-0.39, 0.29) is 11.5 Å². The minimum Gasteiger partial charge on any atom is -0.481 e. The molecule has 132 valence electrons. The summed E-state index contributed by atoms with van der Waals surface area (Å²) in [5, 5.41) is 8.78. The lowest BCUT2D eigenvalue weighted by Gasteiger charge is -2.12. The molecule has 2 aromatic rings. The highest BCUT2D eigenvalue weighted by molar-refractivity contribution is 9.10. The third kappa shape index (κ3) is 2.90. The van der Waals surface area contributed by atoms with Crippen LogP contribution in [0.1, 0.15) is 11.5 Å². The van der Waals surface area contributed by atoms with E-state index in [0.717, 1.165) is 4.47 Å². The van der Waals surface area contributed by atoms with Crippen LogP contribution >= 0.6 is 15.9 Å². The van der Waals surface area contributed by atoms with Gasteiger partial charge in [-0.3, -0.25) is 4.79 Å². The smallest absolute Gasteiger partial charge is 0.314 e. The van der Waals surface area contributed by atoms with Crippen LogP contribution in [0.25, 0.3) is 0 Å². The Labute approximate surface area is 154 Å². The second kappa shape index (κ2) is 6.55. The van der Waals surface area contributed by atoms with Crippen molar-refractivity contribution in [3.63, 3.8) is 0 Å². The van der Waals surface area contributed by atoms with E-state index in [9.17, 15) is 18.3 Å².